The molecule has 0 bridgehead atoms. The lowest BCUT2D eigenvalue weighted by molar-refractivity contribution is -0.271. The molecule has 1 rings (SSSR count). The second-order valence-electron chi connectivity index (χ2n) is 3.96. The average Bonchev–Trinajstić information content (AvgIpc) is 2.20. The summed E-state index contributed by atoms with van der Waals surface area (Å²) in [4.78, 5) is 0. The zero-order valence-corrected chi connectivity index (χ0v) is 8.42. The largest absolute Gasteiger partial charge is 0.393 e. The quantitative estimate of drug-likeness (QED) is 0.447. The Labute approximate surface area is 82.9 Å². The van der Waals surface area contributed by atoms with Crippen molar-refractivity contribution in [2.24, 2.45) is 0 Å². The molecule has 0 aromatic carbocycles. The Morgan fingerprint density at radius 2 is 1.79 bits per heavy atom. The fourth-order valence-electron chi connectivity index (χ4n) is 1.71. The number of ether oxygens (including phenoxy) is 1. The van der Waals surface area contributed by atoms with Crippen molar-refractivity contribution in [3.05, 3.63) is 0 Å². The lowest BCUT2D eigenvalue weighted by Crippen LogP contribution is -2.64. The number of rotatable bonds is 2. The summed E-state index contributed by atoms with van der Waals surface area (Å²) in [7, 11) is 0. The summed E-state index contributed by atoms with van der Waals surface area (Å²) < 4.78 is 5.36. The third-order valence-corrected chi connectivity index (χ3v) is 2.82. The third-order valence-electron chi connectivity index (χ3n) is 2.82. The zero-order valence-electron chi connectivity index (χ0n) is 8.42. The van der Waals surface area contributed by atoms with Crippen molar-refractivity contribution >= 4 is 0 Å². The van der Waals surface area contributed by atoms with E-state index in [0.717, 1.165) is 0 Å². The Hall–Kier alpha value is -0.200. The van der Waals surface area contributed by atoms with Crippen molar-refractivity contribution in [1.29, 1.82) is 0 Å². The highest BCUT2D eigenvalue weighted by atomic mass is 16.6. The van der Waals surface area contributed by atoms with Gasteiger partial charge in [-0.3, -0.25) is 0 Å². The van der Waals surface area contributed by atoms with Gasteiger partial charge in [0.15, 0.2) is 0 Å². The van der Waals surface area contributed by atoms with E-state index < -0.39 is 36.6 Å². The van der Waals surface area contributed by atoms with Crippen molar-refractivity contribution in [2.75, 3.05) is 6.61 Å². The van der Waals surface area contributed by atoms with E-state index in [9.17, 15) is 15.3 Å². The number of hydrogen-bond donors (Lipinski definition) is 4. The highest BCUT2D eigenvalue weighted by molar-refractivity contribution is 4.98. The van der Waals surface area contributed by atoms with Gasteiger partial charge in [0.2, 0.25) is 0 Å². The van der Waals surface area contributed by atoms with Gasteiger partial charge in [0, 0.05) is 0 Å². The highest BCUT2D eigenvalue weighted by Crippen LogP contribution is 2.30. The van der Waals surface area contributed by atoms with E-state index in [4.69, 9.17) is 9.84 Å². The molecular weight excluding hydrogens is 188 g/mol. The molecule has 84 valence electrons. The molecule has 1 aliphatic heterocycles. The van der Waals surface area contributed by atoms with Crippen molar-refractivity contribution in [3.63, 3.8) is 0 Å². The van der Waals surface area contributed by atoms with Crippen molar-refractivity contribution < 1.29 is 25.2 Å². The summed E-state index contributed by atoms with van der Waals surface area (Å²) in [5, 5.41) is 37.7. The van der Waals surface area contributed by atoms with Gasteiger partial charge < -0.3 is 25.2 Å². The molecule has 5 heteroatoms. The molecule has 1 fully saturated rings. The minimum atomic E-state index is -1.27. The minimum absolute atomic E-state index is 0.394. The number of hydrogen-bond acceptors (Lipinski definition) is 5. The fraction of sp³-hybridized carbons (Fsp3) is 1.00. The average molecular weight is 206 g/mol. The Kier molecular flexibility index (Phi) is 3.49. The zero-order chi connectivity index (χ0) is 10.9. The van der Waals surface area contributed by atoms with Gasteiger partial charge in [0.1, 0.15) is 23.9 Å². The maximum atomic E-state index is 9.59. The second-order valence-corrected chi connectivity index (χ2v) is 3.96. The smallest absolute Gasteiger partial charge is 0.117 e. The molecule has 1 saturated heterocycles. The number of aliphatic hydroxyl groups excluding tert-OH is 4. The molecule has 5 atom stereocenters. The lowest BCUT2D eigenvalue weighted by Gasteiger charge is -2.46. The Bertz CT molecular complexity index is 196. The van der Waals surface area contributed by atoms with Crippen molar-refractivity contribution in [2.45, 2.75) is 50.3 Å². The second kappa shape index (κ2) is 4.12. The molecule has 1 heterocycles. The standard InChI is InChI=1S/C9H18O5/c1-3-5-6(11)7(12)8(13)9(2,4-10)14-5/h5-8,10-13H,3-4H2,1-2H3/t5-,6+,7?,8-,9?/m1/s1. The van der Waals surface area contributed by atoms with E-state index in [1.54, 1.807) is 6.92 Å². The van der Waals surface area contributed by atoms with Gasteiger partial charge in [-0.15, -0.1) is 0 Å². The van der Waals surface area contributed by atoms with Crippen molar-refractivity contribution in [1.82, 2.24) is 0 Å². The fourth-order valence-corrected chi connectivity index (χ4v) is 1.71. The molecule has 0 radical (unpaired) electrons. The summed E-state index contributed by atoms with van der Waals surface area (Å²) in [6.07, 6.45) is -3.68. The van der Waals surface area contributed by atoms with Crippen LogP contribution >= 0.6 is 0 Å². The van der Waals surface area contributed by atoms with Crippen molar-refractivity contribution in [3.8, 4) is 0 Å². The normalized spacial score (nSPS) is 49.3. The Morgan fingerprint density at radius 3 is 2.21 bits per heavy atom. The maximum absolute atomic E-state index is 9.59. The van der Waals surface area contributed by atoms with E-state index in [-0.39, 0.29) is 0 Å². The van der Waals surface area contributed by atoms with Gasteiger partial charge in [-0.2, -0.15) is 0 Å². The van der Waals surface area contributed by atoms with Crippen LogP contribution in [0, 0.1) is 0 Å². The monoisotopic (exact) mass is 206 g/mol. The van der Waals surface area contributed by atoms with Crippen LogP contribution in [-0.2, 0) is 4.74 Å². The van der Waals surface area contributed by atoms with Crippen LogP contribution in [0.2, 0.25) is 0 Å². The van der Waals surface area contributed by atoms with Crippen LogP contribution in [0.4, 0.5) is 0 Å². The van der Waals surface area contributed by atoms with Gasteiger partial charge in [-0.25, -0.2) is 0 Å². The summed E-state index contributed by atoms with van der Waals surface area (Å²) in [5.74, 6) is 0. The van der Waals surface area contributed by atoms with Gasteiger partial charge in [0.25, 0.3) is 0 Å². The molecule has 1 aliphatic rings. The van der Waals surface area contributed by atoms with Gasteiger partial charge in [-0.1, -0.05) is 6.92 Å². The van der Waals surface area contributed by atoms with Gasteiger partial charge >= 0.3 is 0 Å². The first-order chi connectivity index (χ1) is 6.46. The molecule has 4 N–H and O–H groups in total. The SMILES string of the molecule is CC[C@H]1OC(C)(CO)[C@H](O)C(O)[C@H]1O. The van der Waals surface area contributed by atoms with Crippen LogP contribution < -0.4 is 0 Å². The summed E-state index contributed by atoms with van der Waals surface area (Å²) in [6, 6.07) is 0. The van der Waals surface area contributed by atoms with Crippen LogP contribution in [0.1, 0.15) is 20.3 Å². The number of aliphatic hydroxyl groups is 4. The van der Waals surface area contributed by atoms with Gasteiger partial charge in [-0.05, 0) is 13.3 Å². The summed E-state index contributed by atoms with van der Waals surface area (Å²) in [6.45, 7) is 2.92. The van der Waals surface area contributed by atoms with E-state index in [1.807, 2.05) is 0 Å². The Morgan fingerprint density at radius 1 is 1.21 bits per heavy atom. The molecule has 0 saturated carbocycles. The topological polar surface area (TPSA) is 90.2 Å². The van der Waals surface area contributed by atoms with Crippen LogP contribution in [0.5, 0.6) is 0 Å². The predicted molar refractivity (Wildman–Crippen MR) is 48.7 cm³/mol. The van der Waals surface area contributed by atoms with E-state index in [0.29, 0.717) is 6.42 Å². The first-order valence-corrected chi connectivity index (χ1v) is 4.79. The first-order valence-electron chi connectivity index (χ1n) is 4.79. The molecule has 5 nitrogen and oxygen atoms in total. The molecule has 0 aromatic rings. The van der Waals surface area contributed by atoms with Crippen LogP contribution in [0.15, 0.2) is 0 Å². The molecule has 0 aliphatic carbocycles. The van der Waals surface area contributed by atoms with E-state index >= 15 is 0 Å². The van der Waals surface area contributed by atoms with E-state index in [2.05, 4.69) is 0 Å². The summed E-state index contributed by atoms with van der Waals surface area (Å²) >= 11 is 0. The lowest BCUT2D eigenvalue weighted by atomic mass is 9.86. The van der Waals surface area contributed by atoms with E-state index in [1.165, 1.54) is 6.92 Å². The predicted octanol–water partition coefficient (Wildman–Crippen LogP) is -1.37. The molecule has 14 heavy (non-hydrogen) atoms. The maximum Gasteiger partial charge on any atom is 0.117 e. The minimum Gasteiger partial charge on any atom is -0.393 e. The summed E-state index contributed by atoms with van der Waals surface area (Å²) in [5.41, 5.74) is -1.20. The molecule has 0 aromatic heterocycles. The van der Waals surface area contributed by atoms with Crippen LogP contribution in [-0.4, -0.2) is 57.0 Å². The molecular formula is C9H18O5. The third kappa shape index (κ3) is 1.78. The molecule has 2 unspecified atom stereocenters. The van der Waals surface area contributed by atoms with Crippen LogP contribution in [0.25, 0.3) is 0 Å². The Balaban J connectivity index is 2.84. The first kappa shape index (κ1) is 11.9. The van der Waals surface area contributed by atoms with Gasteiger partial charge in [0.05, 0.1) is 12.7 Å². The van der Waals surface area contributed by atoms with Crippen LogP contribution in [0.3, 0.4) is 0 Å². The molecule has 0 amide bonds. The molecule has 0 spiro atoms. The highest BCUT2D eigenvalue weighted by Gasteiger charge is 2.49.